The van der Waals surface area contributed by atoms with E-state index < -0.39 is 0 Å². The number of hydrogen-bond donors (Lipinski definition) is 1. The molecule has 6 nitrogen and oxygen atoms in total. The highest BCUT2D eigenvalue weighted by Gasteiger charge is 2.10. The molecule has 0 aliphatic carbocycles. The maximum absolute atomic E-state index is 5.39. The quantitative estimate of drug-likeness (QED) is 0.271. The van der Waals surface area contributed by atoms with Gasteiger partial charge in [-0.2, -0.15) is 0 Å². The maximum atomic E-state index is 5.39. The number of nitrogens with zero attached hydrogens (tertiary/aromatic N) is 3. The number of ether oxygens (including phenoxy) is 2. The van der Waals surface area contributed by atoms with Crippen LogP contribution < -0.4 is 10.1 Å². The number of aliphatic imine (C=N–C) groups is 1. The van der Waals surface area contributed by atoms with E-state index in [1.807, 2.05) is 12.1 Å². The Morgan fingerprint density at radius 1 is 1.27 bits per heavy atom. The van der Waals surface area contributed by atoms with Gasteiger partial charge in [-0.15, -0.1) is 24.0 Å². The number of benzene rings is 1. The zero-order valence-corrected chi connectivity index (χ0v) is 18.6. The van der Waals surface area contributed by atoms with E-state index in [1.54, 1.807) is 7.11 Å². The van der Waals surface area contributed by atoms with Crippen LogP contribution in [0.15, 0.2) is 29.3 Å². The lowest BCUT2D eigenvalue weighted by Gasteiger charge is -2.26. The molecule has 0 spiro atoms. The third-order valence-corrected chi connectivity index (χ3v) is 4.27. The highest BCUT2D eigenvalue weighted by molar-refractivity contribution is 14.0. The van der Waals surface area contributed by atoms with E-state index in [2.05, 4.69) is 41.2 Å². The van der Waals surface area contributed by atoms with Crippen LogP contribution >= 0.6 is 24.0 Å². The van der Waals surface area contributed by atoms with Crippen molar-refractivity contribution >= 4 is 29.9 Å². The van der Waals surface area contributed by atoms with Crippen molar-refractivity contribution in [1.82, 2.24) is 15.1 Å². The average Bonchev–Trinajstić information content (AvgIpc) is 2.65. The van der Waals surface area contributed by atoms with Gasteiger partial charge >= 0.3 is 0 Å². The van der Waals surface area contributed by atoms with E-state index in [-0.39, 0.29) is 24.0 Å². The predicted octanol–water partition coefficient (Wildman–Crippen LogP) is 2.43. The molecule has 7 heteroatoms. The van der Waals surface area contributed by atoms with Gasteiger partial charge in [0.15, 0.2) is 5.96 Å². The van der Waals surface area contributed by atoms with Gasteiger partial charge in [0.05, 0.1) is 20.3 Å². The van der Waals surface area contributed by atoms with Crippen LogP contribution in [0.3, 0.4) is 0 Å². The van der Waals surface area contributed by atoms with Crippen molar-refractivity contribution in [1.29, 1.82) is 0 Å². The Balaban J connectivity index is 0.00000338. The van der Waals surface area contributed by atoms with E-state index in [0.717, 1.165) is 70.6 Å². The van der Waals surface area contributed by atoms with Crippen molar-refractivity contribution in [3.63, 3.8) is 0 Å². The molecule has 1 aliphatic heterocycles. The predicted molar refractivity (Wildman–Crippen MR) is 118 cm³/mol. The summed E-state index contributed by atoms with van der Waals surface area (Å²) in [6.45, 7) is 9.52. The fourth-order valence-corrected chi connectivity index (χ4v) is 2.85. The monoisotopic (exact) mass is 476 g/mol. The summed E-state index contributed by atoms with van der Waals surface area (Å²) in [6.07, 6.45) is 1.07. The Labute approximate surface area is 175 Å². The molecule has 0 atom stereocenters. The fourth-order valence-electron chi connectivity index (χ4n) is 2.85. The van der Waals surface area contributed by atoms with Gasteiger partial charge in [0, 0.05) is 46.3 Å². The number of morpholine rings is 1. The lowest BCUT2D eigenvalue weighted by molar-refractivity contribution is 0.0377. The minimum Gasteiger partial charge on any atom is -0.497 e. The SMILES string of the molecule is CCNC(=NCCCN1CCOCC1)N(C)Cc1ccc(OC)cc1.I. The summed E-state index contributed by atoms with van der Waals surface area (Å²) >= 11 is 0. The number of rotatable bonds is 8. The summed E-state index contributed by atoms with van der Waals surface area (Å²) in [5.41, 5.74) is 1.24. The molecule has 1 N–H and O–H groups in total. The van der Waals surface area contributed by atoms with Gasteiger partial charge in [-0.1, -0.05) is 12.1 Å². The first-order chi connectivity index (χ1) is 12.2. The van der Waals surface area contributed by atoms with E-state index in [0.29, 0.717) is 0 Å². The van der Waals surface area contributed by atoms with Crippen molar-refractivity contribution in [3.8, 4) is 5.75 Å². The molecular formula is C19H33IN4O2. The minimum absolute atomic E-state index is 0. The molecule has 1 fully saturated rings. The molecule has 0 saturated carbocycles. The van der Waals surface area contributed by atoms with Gasteiger partial charge in [-0.25, -0.2) is 0 Å². The fraction of sp³-hybridized carbons (Fsp3) is 0.632. The third-order valence-electron chi connectivity index (χ3n) is 4.27. The molecule has 1 saturated heterocycles. The largest absolute Gasteiger partial charge is 0.497 e. The van der Waals surface area contributed by atoms with Gasteiger partial charge in [0.2, 0.25) is 0 Å². The van der Waals surface area contributed by atoms with E-state index >= 15 is 0 Å². The van der Waals surface area contributed by atoms with Gasteiger partial charge in [0.25, 0.3) is 0 Å². The Morgan fingerprint density at radius 3 is 2.58 bits per heavy atom. The van der Waals surface area contributed by atoms with Gasteiger partial charge in [0.1, 0.15) is 5.75 Å². The normalized spacial score (nSPS) is 15.3. The number of methoxy groups -OCH3 is 1. The van der Waals surface area contributed by atoms with Crippen LogP contribution in [0.4, 0.5) is 0 Å². The molecule has 1 aliphatic rings. The van der Waals surface area contributed by atoms with Crippen LogP contribution in [0.25, 0.3) is 0 Å². The molecule has 1 aromatic carbocycles. The zero-order valence-electron chi connectivity index (χ0n) is 16.2. The Hall–Kier alpha value is -1.06. The van der Waals surface area contributed by atoms with Crippen molar-refractivity contribution in [3.05, 3.63) is 29.8 Å². The van der Waals surface area contributed by atoms with Gasteiger partial charge < -0.3 is 19.7 Å². The summed E-state index contributed by atoms with van der Waals surface area (Å²) < 4.78 is 10.6. The molecule has 148 valence electrons. The topological polar surface area (TPSA) is 49.3 Å². The lowest BCUT2D eigenvalue weighted by Crippen LogP contribution is -2.39. The zero-order chi connectivity index (χ0) is 17.9. The lowest BCUT2D eigenvalue weighted by atomic mass is 10.2. The first-order valence-corrected chi connectivity index (χ1v) is 9.15. The minimum atomic E-state index is 0. The summed E-state index contributed by atoms with van der Waals surface area (Å²) in [6, 6.07) is 8.18. The first-order valence-electron chi connectivity index (χ1n) is 9.15. The average molecular weight is 476 g/mol. The molecule has 2 rings (SSSR count). The highest BCUT2D eigenvalue weighted by atomic mass is 127. The summed E-state index contributed by atoms with van der Waals surface area (Å²) in [7, 11) is 3.77. The van der Waals surface area contributed by atoms with E-state index in [1.165, 1.54) is 5.56 Å². The molecule has 0 aromatic heterocycles. The van der Waals surface area contributed by atoms with Crippen LogP contribution in [0.2, 0.25) is 0 Å². The standard InChI is InChI=1S/C19H32N4O2.HI/c1-4-20-19(21-10-5-11-23-12-14-25-15-13-23)22(2)16-17-6-8-18(24-3)9-7-17;/h6-9H,4-5,10-16H2,1-3H3,(H,20,21);1H. The number of hydrogen-bond acceptors (Lipinski definition) is 4. The van der Waals surface area contributed by atoms with Crippen LogP contribution in [-0.4, -0.2) is 75.9 Å². The Kier molecular flexibility index (Phi) is 11.6. The molecule has 1 heterocycles. The molecule has 0 amide bonds. The second kappa shape index (κ2) is 13.2. The van der Waals surface area contributed by atoms with Crippen LogP contribution in [0, 0.1) is 0 Å². The molecule has 0 bridgehead atoms. The number of halogens is 1. The second-order valence-corrected chi connectivity index (χ2v) is 6.25. The van der Waals surface area contributed by atoms with Gasteiger partial charge in [-0.3, -0.25) is 9.89 Å². The molecular weight excluding hydrogens is 443 g/mol. The first kappa shape index (κ1) is 23.0. The maximum Gasteiger partial charge on any atom is 0.193 e. The van der Waals surface area contributed by atoms with Crippen LogP contribution in [0.5, 0.6) is 5.75 Å². The Morgan fingerprint density at radius 2 is 1.96 bits per heavy atom. The van der Waals surface area contributed by atoms with Crippen molar-refractivity contribution in [2.75, 3.05) is 60.1 Å². The molecule has 0 radical (unpaired) electrons. The molecule has 1 aromatic rings. The number of guanidine groups is 1. The second-order valence-electron chi connectivity index (χ2n) is 6.25. The van der Waals surface area contributed by atoms with Crippen molar-refractivity contribution in [2.45, 2.75) is 19.9 Å². The highest BCUT2D eigenvalue weighted by Crippen LogP contribution is 2.12. The summed E-state index contributed by atoms with van der Waals surface area (Å²) in [5, 5.41) is 3.38. The smallest absolute Gasteiger partial charge is 0.193 e. The summed E-state index contributed by atoms with van der Waals surface area (Å²) in [5.74, 6) is 1.84. The summed E-state index contributed by atoms with van der Waals surface area (Å²) in [4.78, 5) is 9.39. The number of nitrogens with one attached hydrogen (secondary N) is 1. The molecule has 0 unspecified atom stereocenters. The van der Waals surface area contributed by atoms with E-state index in [9.17, 15) is 0 Å². The van der Waals surface area contributed by atoms with Crippen LogP contribution in [-0.2, 0) is 11.3 Å². The van der Waals surface area contributed by atoms with Crippen molar-refractivity contribution in [2.24, 2.45) is 4.99 Å². The van der Waals surface area contributed by atoms with Gasteiger partial charge in [-0.05, 0) is 31.0 Å². The van der Waals surface area contributed by atoms with E-state index in [4.69, 9.17) is 14.5 Å². The molecule has 26 heavy (non-hydrogen) atoms. The van der Waals surface area contributed by atoms with Crippen molar-refractivity contribution < 1.29 is 9.47 Å². The Bertz CT molecular complexity index is 519. The third kappa shape index (κ3) is 8.09. The van der Waals surface area contributed by atoms with Crippen LogP contribution in [0.1, 0.15) is 18.9 Å².